The number of amides is 1. The maximum atomic E-state index is 11.4. The molecule has 13 heavy (non-hydrogen) atoms. The second-order valence-electron chi connectivity index (χ2n) is 3.20. The fourth-order valence-corrected chi connectivity index (χ4v) is 1.40. The number of ether oxygens (including phenoxy) is 1. The SMILES string of the molecule is CNCCCN1CCOCCC1=O. The molecule has 1 rings (SSSR count). The summed E-state index contributed by atoms with van der Waals surface area (Å²) in [5.41, 5.74) is 0. The van der Waals surface area contributed by atoms with E-state index >= 15 is 0 Å². The minimum Gasteiger partial charge on any atom is -0.379 e. The first-order valence-corrected chi connectivity index (χ1v) is 4.84. The Kier molecular flexibility index (Phi) is 4.78. The molecule has 1 aliphatic rings. The van der Waals surface area contributed by atoms with Gasteiger partial charge < -0.3 is 15.0 Å². The summed E-state index contributed by atoms with van der Waals surface area (Å²) in [6, 6.07) is 0. The number of carbonyl (C=O) groups is 1. The maximum absolute atomic E-state index is 11.4. The Morgan fingerprint density at radius 1 is 1.54 bits per heavy atom. The predicted octanol–water partition coefficient (Wildman–Crippen LogP) is -0.155. The van der Waals surface area contributed by atoms with Crippen molar-refractivity contribution in [3.8, 4) is 0 Å². The molecule has 1 N–H and O–H groups in total. The van der Waals surface area contributed by atoms with Crippen LogP contribution in [-0.2, 0) is 9.53 Å². The Morgan fingerprint density at radius 3 is 3.15 bits per heavy atom. The molecule has 1 fully saturated rings. The van der Waals surface area contributed by atoms with E-state index < -0.39 is 0 Å². The first-order chi connectivity index (χ1) is 6.34. The maximum Gasteiger partial charge on any atom is 0.224 e. The first-order valence-electron chi connectivity index (χ1n) is 4.84. The van der Waals surface area contributed by atoms with E-state index in [-0.39, 0.29) is 5.91 Å². The fraction of sp³-hybridized carbons (Fsp3) is 0.889. The van der Waals surface area contributed by atoms with E-state index in [9.17, 15) is 4.79 Å². The molecular formula is C9H18N2O2. The summed E-state index contributed by atoms with van der Waals surface area (Å²) in [7, 11) is 1.92. The van der Waals surface area contributed by atoms with Crippen molar-refractivity contribution in [2.45, 2.75) is 12.8 Å². The van der Waals surface area contributed by atoms with Crippen LogP contribution in [0, 0.1) is 0 Å². The molecule has 0 bridgehead atoms. The van der Waals surface area contributed by atoms with Crippen LogP contribution >= 0.6 is 0 Å². The minimum atomic E-state index is 0.230. The number of nitrogens with one attached hydrogen (secondary N) is 1. The quantitative estimate of drug-likeness (QED) is 0.621. The number of hydrogen-bond acceptors (Lipinski definition) is 3. The van der Waals surface area contributed by atoms with Gasteiger partial charge in [0.15, 0.2) is 0 Å². The highest BCUT2D eigenvalue weighted by Crippen LogP contribution is 2.01. The first kappa shape index (κ1) is 10.5. The smallest absolute Gasteiger partial charge is 0.224 e. The molecule has 0 spiro atoms. The van der Waals surface area contributed by atoms with Crippen molar-refractivity contribution in [2.75, 3.05) is 39.9 Å². The molecule has 0 aromatic carbocycles. The third-order valence-corrected chi connectivity index (χ3v) is 2.17. The Balaban J connectivity index is 2.24. The van der Waals surface area contributed by atoms with Gasteiger partial charge in [0, 0.05) is 13.1 Å². The van der Waals surface area contributed by atoms with Crippen LogP contribution in [0.4, 0.5) is 0 Å². The molecule has 0 saturated carbocycles. The lowest BCUT2D eigenvalue weighted by Gasteiger charge is -2.19. The predicted molar refractivity (Wildman–Crippen MR) is 50.6 cm³/mol. The lowest BCUT2D eigenvalue weighted by atomic mass is 10.3. The van der Waals surface area contributed by atoms with Gasteiger partial charge in [-0.3, -0.25) is 4.79 Å². The van der Waals surface area contributed by atoms with Crippen LogP contribution < -0.4 is 5.32 Å². The van der Waals surface area contributed by atoms with Crippen LogP contribution in [0.2, 0.25) is 0 Å². The largest absolute Gasteiger partial charge is 0.379 e. The highest BCUT2D eigenvalue weighted by Gasteiger charge is 2.15. The summed E-state index contributed by atoms with van der Waals surface area (Å²) in [6.45, 7) is 3.84. The molecule has 0 atom stereocenters. The van der Waals surface area contributed by atoms with Gasteiger partial charge in [0.2, 0.25) is 5.91 Å². The van der Waals surface area contributed by atoms with Crippen LogP contribution in [0.5, 0.6) is 0 Å². The van der Waals surface area contributed by atoms with Gasteiger partial charge in [0.1, 0.15) is 0 Å². The number of carbonyl (C=O) groups excluding carboxylic acids is 1. The Bertz CT molecular complexity index is 162. The average molecular weight is 186 g/mol. The van der Waals surface area contributed by atoms with Crippen LogP contribution in [0.1, 0.15) is 12.8 Å². The van der Waals surface area contributed by atoms with Gasteiger partial charge in [-0.2, -0.15) is 0 Å². The summed E-state index contributed by atoms with van der Waals surface area (Å²) in [5.74, 6) is 0.230. The van der Waals surface area contributed by atoms with Gasteiger partial charge >= 0.3 is 0 Å². The highest BCUT2D eigenvalue weighted by molar-refractivity contribution is 5.76. The molecule has 1 aliphatic heterocycles. The number of nitrogens with zero attached hydrogens (tertiary/aromatic N) is 1. The summed E-state index contributed by atoms with van der Waals surface area (Å²) < 4.78 is 5.22. The second-order valence-corrected chi connectivity index (χ2v) is 3.20. The highest BCUT2D eigenvalue weighted by atomic mass is 16.5. The number of rotatable bonds is 4. The third-order valence-electron chi connectivity index (χ3n) is 2.17. The average Bonchev–Trinajstić information content (AvgIpc) is 2.32. The molecular weight excluding hydrogens is 168 g/mol. The molecule has 0 aromatic heterocycles. The van der Waals surface area contributed by atoms with Gasteiger partial charge in [-0.1, -0.05) is 0 Å². The molecule has 4 heteroatoms. The van der Waals surface area contributed by atoms with E-state index in [1.807, 2.05) is 11.9 Å². The van der Waals surface area contributed by atoms with Crippen molar-refractivity contribution in [2.24, 2.45) is 0 Å². The van der Waals surface area contributed by atoms with E-state index in [0.717, 1.165) is 26.1 Å². The standard InChI is InChI=1S/C9H18N2O2/c1-10-4-2-5-11-6-8-13-7-3-9(11)12/h10H,2-8H2,1H3. The zero-order valence-electron chi connectivity index (χ0n) is 8.21. The Labute approximate surface area is 79.2 Å². The molecule has 1 saturated heterocycles. The van der Waals surface area contributed by atoms with Crippen molar-refractivity contribution < 1.29 is 9.53 Å². The lowest BCUT2D eigenvalue weighted by molar-refractivity contribution is -0.130. The molecule has 1 amide bonds. The summed E-state index contributed by atoms with van der Waals surface area (Å²) in [4.78, 5) is 13.3. The van der Waals surface area contributed by atoms with Crippen molar-refractivity contribution in [1.82, 2.24) is 10.2 Å². The zero-order valence-corrected chi connectivity index (χ0v) is 8.21. The summed E-state index contributed by atoms with van der Waals surface area (Å²) in [6.07, 6.45) is 1.56. The van der Waals surface area contributed by atoms with Gasteiger partial charge in [-0.15, -0.1) is 0 Å². The van der Waals surface area contributed by atoms with Crippen LogP contribution in [0.15, 0.2) is 0 Å². The van der Waals surface area contributed by atoms with E-state index in [1.165, 1.54) is 0 Å². The van der Waals surface area contributed by atoms with Crippen LogP contribution in [-0.4, -0.2) is 50.7 Å². The molecule has 0 unspecified atom stereocenters. The Hall–Kier alpha value is -0.610. The molecule has 0 aromatic rings. The monoisotopic (exact) mass is 186 g/mol. The Morgan fingerprint density at radius 2 is 2.38 bits per heavy atom. The second kappa shape index (κ2) is 5.94. The van der Waals surface area contributed by atoms with Crippen molar-refractivity contribution in [1.29, 1.82) is 0 Å². The topological polar surface area (TPSA) is 41.6 Å². The van der Waals surface area contributed by atoms with E-state index in [4.69, 9.17) is 4.74 Å². The van der Waals surface area contributed by atoms with Crippen molar-refractivity contribution >= 4 is 5.91 Å². The van der Waals surface area contributed by atoms with Crippen LogP contribution in [0.3, 0.4) is 0 Å². The third kappa shape index (κ3) is 3.74. The summed E-state index contributed by atoms with van der Waals surface area (Å²) in [5, 5.41) is 3.07. The van der Waals surface area contributed by atoms with E-state index in [1.54, 1.807) is 0 Å². The molecule has 1 heterocycles. The molecule has 0 radical (unpaired) electrons. The molecule has 76 valence electrons. The van der Waals surface area contributed by atoms with Crippen molar-refractivity contribution in [3.05, 3.63) is 0 Å². The van der Waals surface area contributed by atoms with Gasteiger partial charge in [-0.25, -0.2) is 0 Å². The zero-order chi connectivity index (χ0) is 9.52. The van der Waals surface area contributed by atoms with Crippen molar-refractivity contribution in [3.63, 3.8) is 0 Å². The van der Waals surface area contributed by atoms with Crippen LogP contribution in [0.25, 0.3) is 0 Å². The number of hydrogen-bond donors (Lipinski definition) is 1. The lowest BCUT2D eigenvalue weighted by Crippen LogP contribution is -2.33. The van der Waals surface area contributed by atoms with Gasteiger partial charge in [0.05, 0.1) is 19.6 Å². The normalized spacial score (nSPS) is 18.8. The fourth-order valence-electron chi connectivity index (χ4n) is 1.40. The van der Waals surface area contributed by atoms with Gasteiger partial charge in [0.25, 0.3) is 0 Å². The van der Waals surface area contributed by atoms with E-state index in [2.05, 4.69) is 5.32 Å². The molecule has 0 aliphatic carbocycles. The van der Waals surface area contributed by atoms with E-state index in [0.29, 0.717) is 19.6 Å². The minimum absolute atomic E-state index is 0.230. The summed E-state index contributed by atoms with van der Waals surface area (Å²) >= 11 is 0. The van der Waals surface area contributed by atoms with Gasteiger partial charge in [-0.05, 0) is 20.0 Å². The molecule has 4 nitrogen and oxygen atoms in total.